The van der Waals surface area contributed by atoms with Gasteiger partial charge in [0.1, 0.15) is 5.82 Å². The topological polar surface area (TPSA) is 20.3 Å². The smallest absolute Gasteiger partial charge is 0.255 e. The van der Waals surface area contributed by atoms with Crippen molar-refractivity contribution in [1.29, 1.82) is 0 Å². The molecule has 0 aliphatic rings. The number of rotatable bonds is 4. The zero-order valence-corrected chi connectivity index (χ0v) is 11.6. The zero-order valence-electron chi connectivity index (χ0n) is 9.96. The fourth-order valence-electron chi connectivity index (χ4n) is 1.49. The molecule has 0 radical (unpaired) electrons. The molecule has 92 valence electrons. The summed E-state index contributed by atoms with van der Waals surface area (Å²) < 4.78 is 13.5. The molecule has 0 N–H and O–H groups in total. The predicted molar refractivity (Wildman–Crippen MR) is 70.5 cm³/mol. The molecule has 1 aromatic carbocycles. The first-order valence-corrected chi connectivity index (χ1v) is 6.14. The first kappa shape index (κ1) is 13.9. The van der Waals surface area contributed by atoms with Gasteiger partial charge in [0.25, 0.3) is 5.91 Å². The second-order valence-corrected chi connectivity index (χ2v) is 4.67. The molecule has 17 heavy (non-hydrogen) atoms. The van der Waals surface area contributed by atoms with Crippen molar-refractivity contribution in [3.63, 3.8) is 0 Å². The van der Waals surface area contributed by atoms with Gasteiger partial charge in [-0.1, -0.05) is 18.2 Å². The van der Waals surface area contributed by atoms with Crippen LogP contribution in [-0.4, -0.2) is 23.9 Å². The van der Waals surface area contributed by atoms with Crippen LogP contribution in [0.3, 0.4) is 0 Å². The second-order valence-electron chi connectivity index (χ2n) is 3.88. The van der Waals surface area contributed by atoms with Crippen LogP contribution in [0.4, 0.5) is 4.39 Å². The Bertz CT molecular complexity index is 445. The summed E-state index contributed by atoms with van der Waals surface area (Å²) in [6.07, 6.45) is 0. The van der Waals surface area contributed by atoms with Gasteiger partial charge in [0.05, 0.1) is 10.0 Å². The maximum Gasteiger partial charge on any atom is 0.255 e. The SMILES string of the molecule is C=C(C)CN(CC)C(=O)c1cccc(F)c1Br. The second kappa shape index (κ2) is 5.96. The normalized spacial score (nSPS) is 10.1. The van der Waals surface area contributed by atoms with Gasteiger partial charge in [-0.3, -0.25) is 4.79 Å². The van der Waals surface area contributed by atoms with Crippen LogP contribution in [0, 0.1) is 5.82 Å². The Labute approximate surface area is 109 Å². The molecule has 2 nitrogen and oxygen atoms in total. The summed E-state index contributed by atoms with van der Waals surface area (Å²) in [6, 6.07) is 4.45. The average Bonchev–Trinajstić information content (AvgIpc) is 2.28. The average molecular weight is 300 g/mol. The minimum Gasteiger partial charge on any atom is -0.335 e. The van der Waals surface area contributed by atoms with E-state index in [0.717, 1.165) is 5.57 Å². The van der Waals surface area contributed by atoms with Crippen LogP contribution in [0.2, 0.25) is 0 Å². The van der Waals surface area contributed by atoms with Crippen molar-refractivity contribution in [3.8, 4) is 0 Å². The lowest BCUT2D eigenvalue weighted by atomic mass is 10.2. The molecule has 0 unspecified atom stereocenters. The van der Waals surface area contributed by atoms with E-state index in [1.165, 1.54) is 12.1 Å². The molecule has 0 atom stereocenters. The standard InChI is InChI=1S/C13H15BrFNO/c1-4-16(8-9(2)3)13(17)10-6-5-7-11(15)12(10)14/h5-7H,2,4,8H2,1,3H3. The number of nitrogens with zero attached hydrogens (tertiary/aromatic N) is 1. The van der Waals surface area contributed by atoms with E-state index in [0.29, 0.717) is 18.7 Å². The molecule has 4 heteroatoms. The van der Waals surface area contributed by atoms with Gasteiger partial charge < -0.3 is 4.90 Å². The lowest BCUT2D eigenvalue weighted by Gasteiger charge is -2.21. The maximum atomic E-state index is 13.3. The number of amides is 1. The van der Waals surface area contributed by atoms with Gasteiger partial charge >= 0.3 is 0 Å². The number of likely N-dealkylation sites (N-methyl/N-ethyl adjacent to an activating group) is 1. The fourth-order valence-corrected chi connectivity index (χ4v) is 1.93. The van der Waals surface area contributed by atoms with Gasteiger partial charge in [-0.2, -0.15) is 0 Å². The zero-order chi connectivity index (χ0) is 13.0. The summed E-state index contributed by atoms with van der Waals surface area (Å²) in [4.78, 5) is 13.8. The van der Waals surface area contributed by atoms with E-state index >= 15 is 0 Å². The predicted octanol–water partition coefficient (Wildman–Crippen LogP) is 3.63. The molecule has 0 aromatic heterocycles. The van der Waals surface area contributed by atoms with Crippen LogP contribution in [-0.2, 0) is 0 Å². The van der Waals surface area contributed by atoms with Crippen molar-refractivity contribution in [2.24, 2.45) is 0 Å². The van der Waals surface area contributed by atoms with E-state index in [1.807, 2.05) is 13.8 Å². The number of benzene rings is 1. The summed E-state index contributed by atoms with van der Waals surface area (Å²) in [7, 11) is 0. The number of hydrogen-bond acceptors (Lipinski definition) is 1. The number of halogens is 2. The molecule has 0 spiro atoms. The Hall–Kier alpha value is -1.16. The van der Waals surface area contributed by atoms with Crippen molar-refractivity contribution < 1.29 is 9.18 Å². The molecule has 0 bridgehead atoms. The van der Waals surface area contributed by atoms with E-state index in [1.54, 1.807) is 11.0 Å². The molecule has 0 aliphatic carbocycles. The highest BCUT2D eigenvalue weighted by atomic mass is 79.9. The minimum atomic E-state index is -0.428. The van der Waals surface area contributed by atoms with Crippen LogP contribution in [0.1, 0.15) is 24.2 Å². The van der Waals surface area contributed by atoms with Gasteiger partial charge in [0.15, 0.2) is 0 Å². The molecule has 0 fully saturated rings. The molecule has 0 saturated carbocycles. The van der Waals surface area contributed by atoms with Crippen LogP contribution in [0.15, 0.2) is 34.8 Å². The summed E-state index contributed by atoms with van der Waals surface area (Å²) in [6.45, 7) is 8.57. The highest BCUT2D eigenvalue weighted by Gasteiger charge is 2.18. The largest absolute Gasteiger partial charge is 0.335 e. The Kier molecular flexibility index (Phi) is 4.87. The maximum absolute atomic E-state index is 13.3. The monoisotopic (exact) mass is 299 g/mol. The number of carbonyl (C=O) groups is 1. The Morgan fingerprint density at radius 3 is 2.71 bits per heavy atom. The number of carbonyl (C=O) groups excluding carboxylic acids is 1. The molecule has 1 rings (SSSR count). The third kappa shape index (κ3) is 3.40. The molecule has 1 aromatic rings. The number of hydrogen-bond donors (Lipinski definition) is 0. The quantitative estimate of drug-likeness (QED) is 0.778. The molecule has 0 saturated heterocycles. The molecule has 1 amide bonds. The van der Waals surface area contributed by atoms with Crippen LogP contribution >= 0.6 is 15.9 Å². The van der Waals surface area contributed by atoms with Gasteiger partial charge in [0.2, 0.25) is 0 Å². The molecule has 0 heterocycles. The lowest BCUT2D eigenvalue weighted by Crippen LogP contribution is -2.32. The van der Waals surface area contributed by atoms with Crippen LogP contribution < -0.4 is 0 Å². The highest BCUT2D eigenvalue weighted by molar-refractivity contribution is 9.10. The molecular formula is C13H15BrFNO. The third-order valence-corrected chi connectivity index (χ3v) is 3.12. The van der Waals surface area contributed by atoms with Gasteiger partial charge in [-0.05, 0) is 41.9 Å². The van der Waals surface area contributed by atoms with Crippen molar-refractivity contribution in [1.82, 2.24) is 4.90 Å². The van der Waals surface area contributed by atoms with Crippen molar-refractivity contribution in [2.45, 2.75) is 13.8 Å². The third-order valence-electron chi connectivity index (χ3n) is 2.31. The summed E-state index contributed by atoms with van der Waals surface area (Å²) in [5, 5.41) is 0. The first-order chi connectivity index (χ1) is 7.97. The van der Waals surface area contributed by atoms with Gasteiger partial charge in [-0.15, -0.1) is 0 Å². The van der Waals surface area contributed by atoms with E-state index in [9.17, 15) is 9.18 Å². The molecule has 0 aliphatic heterocycles. The van der Waals surface area contributed by atoms with Crippen LogP contribution in [0.25, 0.3) is 0 Å². The fraction of sp³-hybridized carbons (Fsp3) is 0.308. The Morgan fingerprint density at radius 1 is 1.53 bits per heavy atom. The van der Waals surface area contributed by atoms with Crippen molar-refractivity contribution in [3.05, 3.63) is 46.2 Å². The highest BCUT2D eigenvalue weighted by Crippen LogP contribution is 2.22. The van der Waals surface area contributed by atoms with Crippen LogP contribution in [0.5, 0.6) is 0 Å². The Morgan fingerprint density at radius 2 is 2.18 bits per heavy atom. The van der Waals surface area contributed by atoms with Crippen molar-refractivity contribution >= 4 is 21.8 Å². The van der Waals surface area contributed by atoms with Gasteiger partial charge in [0, 0.05) is 13.1 Å². The van der Waals surface area contributed by atoms with E-state index < -0.39 is 5.82 Å². The van der Waals surface area contributed by atoms with E-state index in [2.05, 4.69) is 22.5 Å². The summed E-state index contributed by atoms with van der Waals surface area (Å²) in [5.41, 5.74) is 1.24. The van der Waals surface area contributed by atoms with Crippen molar-refractivity contribution in [2.75, 3.05) is 13.1 Å². The van der Waals surface area contributed by atoms with Gasteiger partial charge in [-0.25, -0.2) is 4.39 Å². The first-order valence-electron chi connectivity index (χ1n) is 5.35. The van der Waals surface area contributed by atoms with E-state index in [4.69, 9.17) is 0 Å². The lowest BCUT2D eigenvalue weighted by molar-refractivity contribution is 0.0777. The minimum absolute atomic E-state index is 0.193. The van der Waals surface area contributed by atoms with E-state index in [-0.39, 0.29) is 10.4 Å². The summed E-state index contributed by atoms with van der Waals surface area (Å²) >= 11 is 3.10. The molecular weight excluding hydrogens is 285 g/mol. The Balaban J connectivity index is 3.02. The summed E-state index contributed by atoms with van der Waals surface area (Å²) in [5.74, 6) is -0.621.